The predicted molar refractivity (Wildman–Crippen MR) is 146 cm³/mol. The summed E-state index contributed by atoms with van der Waals surface area (Å²) < 4.78 is 5.69. The van der Waals surface area contributed by atoms with Gasteiger partial charge in [0, 0.05) is 5.56 Å². The smallest absolute Gasteiger partial charge is 0.277 e. The third-order valence-electron chi connectivity index (χ3n) is 6.17. The van der Waals surface area contributed by atoms with Gasteiger partial charge in [0.2, 0.25) is 0 Å². The van der Waals surface area contributed by atoms with Gasteiger partial charge in [0.15, 0.2) is 6.61 Å². The van der Waals surface area contributed by atoms with E-state index >= 15 is 0 Å². The number of rotatable bonds is 7. The number of carbonyl (C=O) groups is 1. The Morgan fingerprint density at radius 2 is 1.43 bits per heavy atom. The summed E-state index contributed by atoms with van der Waals surface area (Å²) in [4.78, 5) is 12.4. The Hall–Kier alpha value is -3.66. The van der Waals surface area contributed by atoms with Crippen molar-refractivity contribution < 1.29 is 9.53 Å². The molecule has 0 aromatic heterocycles. The molecule has 0 heterocycles. The second-order valence-electron chi connectivity index (χ2n) is 11.0. The molecule has 0 aliphatic carbocycles. The summed E-state index contributed by atoms with van der Waals surface area (Å²) in [6.07, 6.45) is 2.79. The average Bonchev–Trinajstić information content (AvgIpc) is 2.81. The van der Waals surface area contributed by atoms with Crippen molar-refractivity contribution in [3.63, 3.8) is 0 Å². The highest BCUT2D eigenvalue weighted by Crippen LogP contribution is 2.36. The topological polar surface area (TPSA) is 50.7 Å². The lowest BCUT2D eigenvalue weighted by Crippen LogP contribution is -2.25. The van der Waals surface area contributed by atoms with Gasteiger partial charge in [-0.25, -0.2) is 5.43 Å². The summed E-state index contributed by atoms with van der Waals surface area (Å²) in [5.41, 5.74) is 5.15. The van der Waals surface area contributed by atoms with Gasteiger partial charge in [0.05, 0.1) is 6.21 Å². The number of ether oxygens (including phenoxy) is 1. The van der Waals surface area contributed by atoms with Gasteiger partial charge >= 0.3 is 0 Å². The van der Waals surface area contributed by atoms with Crippen molar-refractivity contribution >= 4 is 33.7 Å². The van der Waals surface area contributed by atoms with E-state index in [1.54, 1.807) is 6.21 Å². The van der Waals surface area contributed by atoms with Crippen molar-refractivity contribution in [2.45, 2.75) is 46.5 Å². The first-order chi connectivity index (χ1) is 16.6. The summed E-state index contributed by atoms with van der Waals surface area (Å²) in [6.45, 7) is 11.2. The summed E-state index contributed by atoms with van der Waals surface area (Å²) in [6, 6.07) is 26.6. The number of hydrazone groups is 1. The minimum Gasteiger partial charge on any atom is -0.484 e. The zero-order valence-electron chi connectivity index (χ0n) is 21.3. The van der Waals surface area contributed by atoms with Gasteiger partial charge in [0.1, 0.15) is 5.75 Å². The van der Waals surface area contributed by atoms with E-state index in [0.717, 1.165) is 33.5 Å². The van der Waals surface area contributed by atoms with Crippen molar-refractivity contribution in [2.75, 3.05) is 6.61 Å². The molecule has 1 amide bonds. The van der Waals surface area contributed by atoms with E-state index in [1.807, 2.05) is 36.4 Å². The number of hydrogen-bond acceptors (Lipinski definition) is 3. The van der Waals surface area contributed by atoms with Crippen LogP contribution in [0.4, 0.5) is 0 Å². The molecule has 35 heavy (non-hydrogen) atoms. The zero-order chi connectivity index (χ0) is 25.1. The van der Waals surface area contributed by atoms with Gasteiger partial charge in [-0.1, -0.05) is 95.3 Å². The molecule has 0 bridgehead atoms. The van der Waals surface area contributed by atoms with Crippen LogP contribution in [0.5, 0.6) is 5.75 Å². The SMILES string of the molecule is CC(C)(C)CC(C)(C)c1ccc(OCC(=O)N/N=C/c2c3ccccc3cc3ccccc23)cc1. The lowest BCUT2D eigenvalue weighted by Gasteiger charge is -2.33. The molecule has 0 aliphatic rings. The normalized spacial score (nSPS) is 12.4. The molecule has 0 spiro atoms. The number of fused-ring (bicyclic) bond motifs is 2. The van der Waals surface area contributed by atoms with E-state index in [2.05, 4.69) is 87.6 Å². The van der Waals surface area contributed by atoms with E-state index in [4.69, 9.17) is 4.74 Å². The first kappa shape index (κ1) is 24.5. The average molecular weight is 467 g/mol. The molecule has 4 aromatic carbocycles. The van der Waals surface area contributed by atoms with Crippen molar-refractivity contribution in [2.24, 2.45) is 10.5 Å². The van der Waals surface area contributed by atoms with Gasteiger partial charge in [-0.3, -0.25) is 4.79 Å². The predicted octanol–water partition coefficient (Wildman–Crippen LogP) is 7.24. The minimum absolute atomic E-state index is 0.0641. The highest BCUT2D eigenvalue weighted by atomic mass is 16.5. The fourth-order valence-corrected chi connectivity index (χ4v) is 4.97. The van der Waals surface area contributed by atoms with Crippen LogP contribution < -0.4 is 10.2 Å². The first-order valence-corrected chi connectivity index (χ1v) is 12.1. The largest absolute Gasteiger partial charge is 0.484 e. The van der Waals surface area contributed by atoms with Crippen molar-refractivity contribution in [1.82, 2.24) is 5.43 Å². The second kappa shape index (κ2) is 9.91. The Morgan fingerprint density at radius 1 is 0.857 bits per heavy atom. The van der Waals surface area contributed by atoms with Crippen LogP contribution in [0.2, 0.25) is 0 Å². The fraction of sp³-hybridized carbons (Fsp3) is 0.290. The number of benzene rings is 4. The number of nitrogens with zero attached hydrogens (tertiary/aromatic N) is 1. The van der Waals surface area contributed by atoms with Crippen LogP contribution in [0.1, 0.15) is 52.2 Å². The van der Waals surface area contributed by atoms with Crippen LogP contribution in [0.25, 0.3) is 21.5 Å². The van der Waals surface area contributed by atoms with Crippen LogP contribution in [0, 0.1) is 5.41 Å². The Labute approximate surface area is 208 Å². The highest BCUT2D eigenvalue weighted by molar-refractivity contribution is 6.13. The van der Waals surface area contributed by atoms with E-state index in [-0.39, 0.29) is 23.3 Å². The quantitative estimate of drug-likeness (QED) is 0.177. The molecular formula is C31H34N2O2. The van der Waals surface area contributed by atoms with Crippen LogP contribution in [0.15, 0.2) is 84.0 Å². The van der Waals surface area contributed by atoms with Crippen molar-refractivity contribution in [3.8, 4) is 5.75 Å². The summed E-state index contributed by atoms with van der Waals surface area (Å²) >= 11 is 0. The first-order valence-electron chi connectivity index (χ1n) is 12.1. The van der Waals surface area contributed by atoms with E-state index in [1.165, 1.54) is 5.56 Å². The number of amides is 1. The van der Waals surface area contributed by atoms with Crippen LogP contribution in [0.3, 0.4) is 0 Å². The third kappa shape index (κ3) is 6.07. The molecule has 0 radical (unpaired) electrons. The molecule has 4 rings (SSSR count). The summed E-state index contributed by atoms with van der Waals surface area (Å²) in [5.74, 6) is 0.363. The van der Waals surface area contributed by atoms with E-state index in [0.29, 0.717) is 5.75 Å². The zero-order valence-corrected chi connectivity index (χ0v) is 21.3. The van der Waals surface area contributed by atoms with Gasteiger partial charge in [-0.15, -0.1) is 0 Å². The van der Waals surface area contributed by atoms with E-state index in [9.17, 15) is 4.79 Å². The minimum atomic E-state index is -0.303. The molecule has 4 heteroatoms. The molecule has 0 aliphatic heterocycles. The second-order valence-corrected chi connectivity index (χ2v) is 11.0. The van der Waals surface area contributed by atoms with Gasteiger partial charge in [-0.2, -0.15) is 5.10 Å². The molecule has 4 aromatic rings. The van der Waals surface area contributed by atoms with Crippen LogP contribution in [-0.4, -0.2) is 18.7 Å². The third-order valence-corrected chi connectivity index (χ3v) is 6.17. The molecule has 0 unspecified atom stereocenters. The lowest BCUT2D eigenvalue weighted by atomic mass is 9.72. The van der Waals surface area contributed by atoms with Gasteiger partial charge < -0.3 is 4.74 Å². The Kier molecular flexibility index (Phi) is 6.93. The molecule has 4 nitrogen and oxygen atoms in total. The van der Waals surface area contributed by atoms with Gasteiger partial charge in [-0.05, 0) is 62.6 Å². The molecule has 0 fully saturated rings. The number of nitrogens with one attached hydrogen (secondary N) is 1. The molecule has 1 N–H and O–H groups in total. The maximum atomic E-state index is 12.4. The molecule has 0 saturated carbocycles. The summed E-state index contributed by atoms with van der Waals surface area (Å²) in [5, 5.41) is 8.69. The van der Waals surface area contributed by atoms with Crippen LogP contribution >= 0.6 is 0 Å². The Bertz CT molecular complexity index is 1310. The van der Waals surface area contributed by atoms with Gasteiger partial charge in [0.25, 0.3) is 5.91 Å². The number of hydrogen-bond donors (Lipinski definition) is 1. The lowest BCUT2D eigenvalue weighted by molar-refractivity contribution is -0.123. The number of carbonyl (C=O) groups excluding carboxylic acids is 1. The molecule has 180 valence electrons. The highest BCUT2D eigenvalue weighted by Gasteiger charge is 2.27. The molecular weight excluding hydrogens is 432 g/mol. The Morgan fingerprint density at radius 3 is 2.00 bits per heavy atom. The fourth-order valence-electron chi connectivity index (χ4n) is 4.97. The Balaban J connectivity index is 1.40. The van der Waals surface area contributed by atoms with Crippen molar-refractivity contribution in [3.05, 3.63) is 90.0 Å². The molecule has 0 saturated heterocycles. The maximum absolute atomic E-state index is 12.4. The van der Waals surface area contributed by atoms with E-state index < -0.39 is 0 Å². The maximum Gasteiger partial charge on any atom is 0.277 e. The summed E-state index contributed by atoms with van der Waals surface area (Å²) in [7, 11) is 0. The molecule has 0 atom stereocenters. The standard InChI is InChI=1S/C31H34N2O2/c1-30(2,3)21-31(4,5)24-14-16-25(17-15-24)35-20-29(34)33-32-19-28-26-12-8-6-10-22(26)18-23-11-7-9-13-27(23)28/h6-19H,20-21H2,1-5H3,(H,33,34)/b32-19+. The van der Waals surface area contributed by atoms with Crippen molar-refractivity contribution in [1.29, 1.82) is 0 Å². The van der Waals surface area contributed by atoms with Crippen LogP contribution in [-0.2, 0) is 10.2 Å². The monoisotopic (exact) mass is 466 g/mol.